The van der Waals surface area contributed by atoms with Gasteiger partial charge in [0.2, 0.25) is 0 Å². The first-order chi connectivity index (χ1) is 7.09. The first kappa shape index (κ1) is 11.9. The third-order valence-electron chi connectivity index (χ3n) is 2.17. The lowest BCUT2D eigenvalue weighted by Gasteiger charge is -2.26. The maximum Gasteiger partial charge on any atom is 0.142 e. The number of hydrogen-bond acceptors (Lipinski definition) is 3. The lowest BCUT2D eigenvalue weighted by Crippen LogP contribution is -2.39. The van der Waals surface area contributed by atoms with E-state index >= 15 is 0 Å². The van der Waals surface area contributed by atoms with Crippen molar-refractivity contribution in [3.63, 3.8) is 0 Å². The largest absolute Gasteiger partial charge is 0.492 e. The molecule has 0 saturated heterocycles. The highest BCUT2D eigenvalue weighted by atomic mass is 16.5. The molecule has 0 aliphatic heterocycles. The van der Waals surface area contributed by atoms with E-state index in [0.29, 0.717) is 13.2 Å². The van der Waals surface area contributed by atoms with Crippen LogP contribution in [-0.4, -0.2) is 18.7 Å². The summed E-state index contributed by atoms with van der Waals surface area (Å²) in [6, 6.07) is 7.91. The first-order valence-electron chi connectivity index (χ1n) is 5.29. The van der Waals surface area contributed by atoms with Crippen LogP contribution in [0.4, 0.5) is 5.69 Å². The molecule has 3 nitrogen and oxygen atoms in total. The van der Waals surface area contributed by atoms with E-state index < -0.39 is 0 Å². The summed E-state index contributed by atoms with van der Waals surface area (Å²) in [6.45, 7) is 7.35. The molecular formula is C12H20N2O. The normalized spacial score (nSPS) is 11.2. The minimum atomic E-state index is -0.118. The van der Waals surface area contributed by atoms with Crippen LogP contribution in [0.25, 0.3) is 0 Å². The summed E-state index contributed by atoms with van der Waals surface area (Å²) in [4.78, 5) is 0. The van der Waals surface area contributed by atoms with Crippen LogP contribution in [0.1, 0.15) is 20.8 Å². The molecule has 0 fully saturated rings. The van der Waals surface area contributed by atoms with Crippen LogP contribution < -0.4 is 15.8 Å². The molecule has 0 amide bonds. The zero-order valence-corrected chi connectivity index (χ0v) is 9.71. The SMILES string of the molecule is CCOc1ccccc1NC(C)(C)CN. The molecule has 0 aliphatic rings. The molecule has 0 aliphatic carbocycles. The highest BCUT2D eigenvalue weighted by molar-refractivity contribution is 5.57. The monoisotopic (exact) mass is 208 g/mol. The van der Waals surface area contributed by atoms with Crippen LogP contribution in [0.2, 0.25) is 0 Å². The zero-order valence-electron chi connectivity index (χ0n) is 9.71. The number of para-hydroxylation sites is 2. The van der Waals surface area contributed by atoms with E-state index in [0.717, 1.165) is 11.4 Å². The second kappa shape index (κ2) is 5.03. The first-order valence-corrected chi connectivity index (χ1v) is 5.29. The highest BCUT2D eigenvalue weighted by Crippen LogP contribution is 2.26. The topological polar surface area (TPSA) is 47.3 Å². The van der Waals surface area contributed by atoms with Gasteiger partial charge in [-0.2, -0.15) is 0 Å². The predicted molar refractivity (Wildman–Crippen MR) is 64.4 cm³/mol. The Morgan fingerprint density at radius 2 is 2.00 bits per heavy atom. The fraction of sp³-hybridized carbons (Fsp3) is 0.500. The van der Waals surface area contributed by atoms with Gasteiger partial charge in [0, 0.05) is 12.1 Å². The van der Waals surface area contributed by atoms with Gasteiger partial charge in [-0.1, -0.05) is 12.1 Å². The van der Waals surface area contributed by atoms with Gasteiger partial charge in [-0.3, -0.25) is 0 Å². The van der Waals surface area contributed by atoms with E-state index in [2.05, 4.69) is 19.2 Å². The van der Waals surface area contributed by atoms with Gasteiger partial charge < -0.3 is 15.8 Å². The fourth-order valence-corrected chi connectivity index (χ4v) is 1.27. The second-order valence-corrected chi connectivity index (χ2v) is 4.14. The molecular weight excluding hydrogens is 188 g/mol. The summed E-state index contributed by atoms with van der Waals surface area (Å²) >= 11 is 0. The summed E-state index contributed by atoms with van der Waals surface area (Å²) in [6.07, 6.45) is 0. The molecule has 0 spiro atoms. The van der Waals surface area contributed by atoms with Gasteiger partial charge >= 0.3 is 0 Å². The predicted octanol–water partition coefficient (Wildman–Crippen LogP) is 2.23. The van der Waals surface area contributed by atoms with Crippen molar-refractivity contribution in [3.05, 3.63) is 24.3 Å². The summed E-state index contributed by atoms with van der Waals surface area (Å²) in [5.41, 5.74) is 6.55. The minimum Gasteiger partial charge on any atom is -0.492 e. The molecule has 0 saturated carbocycles. The van der Waals surface area contributed by atoms with Gasteiger partial charge in [0.25, 0.3) is 0 Å². The van der Waals surface area contributed by atoms with Crippen molar-refractivity contribution < 1.29 is 4.74 Å². The zero-order chi connectivity index (χ0) is 11.3. The van der Waals surface area contributed by atoms with Crippen molar-refractivity contribution in [2.24, 2.45) is 5.73 Å². The molecule has 1 aromatic rings. The molecule has 0 unspecified atom stereocenters. The Labute approximate surface area is 91.6 Å². The number of nitrogens with two attached hydrogens (primary N) is 1. The van der Waals surface area contributed by atoms with Crippen LogP contribution in [0, 0.1) is 0 Å². The Hall–Kier alpha value is -1.22. The molecule has 0 bridgehead atoms. The van der Waals surface area contributed by atoms with Crippen molar-refractivity contribution in [3.8, 4) is 5.75 Å². The Kier molecular flexibility index (Phi) is 3.97. The number of ether oxygens (including phenoxy) is 1. The Bertz CT molecular complexity index is 310. The van der Waals surface area contributed by atoms with Gasteiger partial charge in [-0.15, -0.1) is 0 Å². The third-order valence-corrected chi connectivity index (χ3v) is 2.17. The number of rotatable bonds is 5. The smallest absolute Gasteiger partial charge is 0.142 e. The molecule has 1 aromatic carbocycles. The van der Waals surface area contributed by atoms with Crippen molar-refractivity contribution in [1.82, 2.24) is 0 Å². The summed E-state index contributed by atoms with van der Waals surface area (Å²) in [7, 11) is 0. The Morgan fingerprint density at radius 1 is 1.33 bits per heavy atom. The van der Waals surface area contributed by atoms with Gasteiger partial charge in [0.15, 0.2) is 0 Å². The van der Waals surface area contributed by atoms with Gasteiger partial charge in [0.1, 0.15) is 5.75 Å². The van der Waals surface area contributed by atoms with Crippen LogP contribution in [0.5, 0.6) is 5.75 Å². The van der Waals surface area contributed by atoms with Gasteiger partial charge in [0.05, 0.1) is 12.3 Å². The average molecular weight is 208 g/mol. The molecule has 0 aromatic heterocycles. The van der Waals surface area contributed by atoms with E-state index in [1.54, 1.807) is 0 Å². The number of hydrogen-bond donors (Lipinski definition) is 2. The molecule has 15 heavy (non-hydrogen) atoms. The van der Waals surface area contributed by atoms with Gasteiger partial charge in [-0.25, -0.2) is 0 Å². The van der Waals surface area contributed by atoms with Gasteiger partial charge in [-0.05, 0) is 32.9 Å². The number of nitrogens with one attached hydrogen (secondary N) is 1. The standard InChI is InChI=1S/C12H20N2O/c1-4-15-11-8-6-5-7-10(11)14-12(2,3)9-13/h5-8,14H,4,9,13H2,1-3H3. The van der Waals surface area contributed by atoms with E-state index in [-0.39, 0.29) is 5.54 Å². The van der Waals surface area contributed by atoms with Crippen LogP contribution >= 0.6 is 0 Å². The molecule has 84 valence electrons. The Balaban J connectivity index is 2.84. The second-order valence-electron chi connectivity index (χ2n) is 4.14. The molecule has 0 heterocycles. The maximum absolute atomic E-state index is 5.67. The molecule has 3 heteroatoms. The van der Waals surface area contributed by atoms with Crippen LogP contribution in [-0.2, 0) is 0 Å². The molecule has 0 radical (unpaired) electrons. The van der Waals surface area contributed by atoms with E-state index in [1.807, 2.05) is 31.2 Å². The third kappa shape index (κ3) is 3.44. The number of anilines is 1. The highest BCUT2D eigenvalue weighted by Gasteiger charge is 2.16. The van der Waals surface area contributed by atoms with Crippen molar-refractivity contribution in [1.29, 1.82) is 0 Å². The Morgan fingerprint density at radius 3 is 2.60 bits per heavy atom. The van der Waals surface area contributed by atoms with Crippen molar-refractivity contribution in [2.45, 2.75) is 26.3 Å². The average Bonchev–Trinajstić information content (AvgIpc) is 2.21. The summed E-state index contributed by atoms with van der Waals surface area (Å²) in [5.74, 6) is 0.876. The molecule has 3 N–H and O–H groups in total. The molecule has 0 atom stereocenters. The maximum atomic E-state index is 5.67. The quantitative estimate of drug-likeness (QED) is 0.780. The minimum absolute atomic E-state index is 0.118. The van der Waals surface area contributed by atoms with E-state index in [4.69, 9.17) is 10.5 Å². The summed E-state index contributed by atoms with van der Waals surface area (Å²) < 4.78 is 5.52. The molecule has 1 rings (SSSR count). The van der Waals surface area contributed by atoms with Crippen LogP contribution in [0.3, 0.4) is 0 Å². The fourth-order valence-electron chi connectivity index (χ4n) is 1.27. The number of benzene rings is 1. The lowest BCUT2D eigenvalue weighted by molar-refractivity contribution is 0.341. The van der Waals surface area contributed by atoms with Crippen LogP contribution in [0.15, 0.2) is 24.3 Å². The van der Waals surface area contributed by atoms with E-state index in [1.165, 1.54) is 0 Å². The van der Waals surface area contributed by atoms with E-state index in [9.17, 15) is 0 Å². The van der Waals surface area contributed by atoms with Crippen molar-refractivity contribution in [2.75, 3.05) is 18.5 Å². The summed E-state index contributed by atoms with van der Waals surface area (Å²) in [5, 5.41) is 3.37. The van der Waals surface area contributed by atoms with Crippen molar-refractivity contribution >= 4 is 5.69 Å². The lowest BCUT2D eigenvalue weighted by atomic mass is 10.1.